The first-order valence-corrected chi connectivity index (χ1v) is 10.5. The van der Waals surface area contributed by atoms with E-state index in [9.17, 15) is 5.11 Å². The minimum Gasteiger partial charge on any atom is -0.493 e. The molecule has 3 aromatic carbocycles. The predicted octanol–water partition coefficient (Wildman–Crippen LogP) is 5.21. The van der Waals surface area contributed by atoms with Gasteiger partial charge in [-0.25, -0.2) is 4.98 Å². The van der Waals surface area contributed by atoms with Crippen molar-refractivity contribution in [3.63, 3.8) is 0 Å². The van der Waals surface area contributed by atoms with E-state index in [0.717, 1.165) is 34.5 Å². The molecule has 0 saturated carbocycles. The van der Waals surface area contributed by atoms with Gasteiger partial charge < -0.3 is 19.1 Å². The van der Waals surface area contributed by atoms with E-state index in [0.29, 0.717) is 19.0 Å². The molecule has 0 amide bonds. The van der Waals surface area contributed by atoms with Crippen LogP contribution in [0.15, 0.2) is 66.7 Å². The zero-order valence-electron chi connectivity index (χ0n) is 18.2. The van der Waals surface area contributed by atoms with Crippen LogP contribution in [0.1, 0.15) is 35.0 Å². The summed E-state index contributed by atoms with van der Waals surface area (Å²) in [6.45, 7) is 5.41. The lowest BCUT2D eigenvalue weighted by Gasteiger charge is -2.15. The van der Waals surface area contributed by atoms with Crippen LogP contribution in [0.25, 0.3) is 11.0 Å². The molecule has 1 heterocycles. The van der Waals surface area contributed by atoms with Gasteiger partial charge in [0.1, 0.15) is 11.9 Å². The summed E-state index contributed by atoms with van der Waals surface area (Å²) < 4.78 is 13.4. The maximum atomic E-state index is 11.1. The Morgan fingerprint density at radius 3 is 2.35 bits per heavy atom. The third-order valence-electron chi connectivity index (χ3n) is 5.61. The van der Waals surface area contributed by atoms with Gasteiger partial charge in [-0.1, -0.05) is 42.5 Å². The number of nitrogens with zero attached hydrogens (tertiary/aromatic N) is 2. The van der Waals surface area contributed by atoms with Gasteiger partial charge >= 0.3 is 0 Å². The second-order valence-electron chi connectivity index (χ2n) is 7.71. The summed E-state index contributed by atoms with van der Waals surface area (Å²) in [5.41, 5.74) is 5.17. The Labute approximate surface area is 182 Å². The molecule has 0 aliphatic rings. The maximum absolute atomic E-state index is 11.1. The van der Waals surface area contributed by atoms with Crippen molar-refractivity contribution in [2.75, 3.05) is 13.7 Å². The monoisotopic (exact) mass is 416 g/mol. The van der Waals surface area contributed by atoms with Crippen LogP contribution < -0.4 is 9.47 Å². The van der Waals surface area contributed by atoms with E-state index in [2.05, 4.69) is 30.5 Å². The fraction of sp³-hybridized carbons (Fsp3) is 0.269. The molecular weight excluding hydrogens is 388 g/mol. The van der Waals surface area contributed by atoms with Crippen molar-refractivity contribution in [3.8, 4) is 11.5 Å². The molecule has 160 valence electrons. The number of ether oxygens (including phenoxy) is 2. The average Bonchev–Trinajstić information content (AvgIpc) is 3.14. The molecule has 0 fully saturated rings. The topological polar surface area (TPSA) is 56.5 Å². The van der Waals surface area contributed by atoms with Crippen molar-refractivity contribution in [2.45, 2.75) is 32.9 Å². The first-order chi connectivity index (χ1) is 15.1. The number of aliphatic hydroxyl groups is 1. The Hall–Kier alpha value is -3.31. The van der Waals surface area contributed by atoms with Gasteiger partial charge in [0.2, 0.25) is 0 Å². The van der Waals surface area contributed by atoms with E-state index in [-0.39, 0.29) is 0 Å². The number of imidazole rings is 1. The second kappa shape index (κ2) is 9.23. The summed E-state index contributed by atoms with van der Waals surface area (Å²) >= 11 is 0. The van der Waals surface area contributed by atoms with Crippen LogP contribution in [0, 0.1) is 13.8 Å². The standard InChI is InChI=1S/C26H28N2O3/c1-18-16-21-22(17-19(18)2)28(26(27-21)25(29)20-10-5-4-6-11-20)14-9-15-31-24-13-8-7-12-23(24)30-3/h4-8,10-13,16-17,25,29H,9,14-15H2,1-3H3. The molecule has 31 heavy (non-hydrogen) atoms. The van der Waals surface area contributed by atoms with E-state index >= 15 is 0 Å². The molecule has 1 unspecified atom stereocenters. The second-order valence-corrected chi connectivity index (χ2v) is 7.71. The smallest absolute Gasteiger partial charge is 0.161 e. The quantitative estimate of drug-likeness (QED) is 0.401. The molecule has 0 spiro atoms. The van der Waals surface area contributed by atoms with Gasteiger partial charge in [-0.2, -0.15) is 0 Å². The van der Waals surface area contributed by atoms with Crippen molar-refractivity contribution in [2.24, 2.45) is 0 Å². The highest BCUT2D eigenvalue weighted by Crippen LogP contribution is 2.29. The minimum atomic E-state index is -0.788. The van der Waals surface area contributed by atoms with Gasteiger partial charge in [0.25, 0.3) is 0 Å². The van der Waals surface area contributed by atoms with E-state index in [1.54, 1.807) is 7.11 Å². The number of aliphatic hydroxyl groups excluding tert-OH is 1. The van der Waals surface area contributed by atoms with Gasteiger partial charge in [-0.15, -0.1) is 0 Å². The molecule has 5 nitrogen and oxygen atoms in total. The Morgan fingerprint density at radius 2 is 1.61 bits per heavy atom. The summed E-state index contributed by atoms with van der Waals surface area (Å²) in [6.07, 6.45) is -0.0188. The average molecular weight is 417 g/mol. The molecule has 0 radical (unpaired) electrons. The predicted molar refractivity (Wildman–Crippen MR) is 123 cm³/mol. The molecule has 1 aromatic heterocycles. The van der Waals surface area contributed by atoms with Crippen LogP contribution in [0.3, 0.4) is 0 Å². The Morgan fingerprint density at radius 1 is 0.935 bits per heavy atom. The highest BCUT2D eigenvalue weighted by atomic mass is 16.5. The highest BCUT2D eigenvalue weighted by molar-refractivity contribution is 5.78. The minimum absolute atomic E-state index is 0.533. The SMILES string of the molecule is COc1ccccc1OCCCn1c(C(O)c2ccccc2)nc2cc(C)c(C)cc21. The maximum Gasteiger partial charge on any atom is 0.161 e. The van der Waals surface area contributed by atoms with E-state index in [1.165, 1.54) is 11.1 Å². The molecule has 5 heteroatoms. The number of aryl methyl sites for hydroxylation is 3. The van der Waals surface area contributed by atoms with Crippen molar-refractivity contribution in [3.05, 3.63) is 89.2 Å². The molecular formula is C26H28N2O3. The van der Waals surface area contributed by atoms with Crippen molar-refractivity contribution in [1.29, 1.82) is 0 Å². The van der Waals surface area contributed by atoms with E-state index in [4.69, 9.17) is 14.5 Å². The Bertz CT molecular complexity index is 1170. The summed E-state index contributed by atoms with van der Waals surface area (Å²) in [5.74, 6) is 2.11. The van der Waals surface area contributed by atoms with Crippen LogP contribution in [0.4, 0.5) is 0 Å². The third kappa shape index (κ3) is 4.42. The number of methoxy groups -OCH3 is 1. The lowest BCUT2D eigenvalue weighted by Crippen LogP contribution is -2.12. The van der Waals surface area contributed by atoms with Gasteiger partial charge in [-0.05, 0) is 61.2 Å². The van der Waals surface area contributed by atoms with E-state index in [1.807, 2.05) is 54.6 Å². The van der Waals surface area contributed by atoms with Crippen LogP contribution in [-0.2, 0) is 6.54 Å². The molecule has 4 aromatic rings. The molecule has 0 bridgehead atoms. The lowest BCUT2D eigenvalue weighted by atomic mass is 10.1. The number of hydrogen-bond acceptors (Lipinski definition) is 4. The number of aromatic nitrogens is 2. The summed E-state index contributed by atoms with van der Waals surface area (Å²) in [7, 11) is 1.64. The van der Waals surface area contributed by atoms with Crippen molar-refractivity contribution >= 4 is 11.0 Å². The Kier molecular flexibility index (Phi) is 6.23. The van der Waals surface area contributed by atoms with Gasteiger partial charge in [0.05, 0.1) is 24.8 Å². The number of rotatable bonds is 8. The number of fused-ring (bicyclic) bond motifs is 1. The lowest BCUT2D eigenvalue weighted by molar-refractivity contribution is 0.203. The van der Waals surface area contributed by atoms with Gasteiger partial charge in [0, 0.05) is 6.54 Å². The first-order valence-electron chi connectivity index (χ1n) is 10.5. The fourth-order valence-electron chi connectivity index (χ4n) is 3.77. The summed E-state index contributed by atoms with van der Waals surface area (Å²) in [6, 6.07) is 21.5. The highest BCUT2D eigenvalue weighted by Gasteiger charge is 2.20. The van der Waals surface area contributed by atoms with Crippen molar-refractivity contribution in [1.82, 2.24) is 9.55 Å². The molecule has 1 N–H and O–H groups in total. The summed E-state index contributed by atoms with van der Waals surface area (Å²) in [4.78, 5) is 4.81. The van der Waals surface area contributed by atoms with Crippen LogP contribution in [0.5, 0.6) is 11.5 Å². The van der Waals surface area contributed by atoms with E-state index < -0.39 is 6.10 Å². The zero-order valence-corrected chi connectivity index (χ0v) is 18.2. The number of hydrogen-bond donors (Lipinski definition) is 1. The van der Waals surface area contributed by atoms with Gasteiger partial charge in [0.15, 0.2) is 11.5 Å². The Balaban J connectivity index is 1.59. The third-order valence-corrected chi connectivity index (χ3v) is 5.61. The first kappa shape index (κ1) is 20.9. The molecule has 1 atom stereocenters. The van der Waals surface area contributed by atoms with Crippen LogP contribution in [-0.4, -0.2) is 28.4 Å². The van der Waals surface area contributed by atoms with Crippen molar-refractivity contribution < 1.29 is 14.6 Å². The number of benzene rings is 3. The summed E-state index contributed by atoms with van der Waals surface area (Å²) in [5, 5.41) is 11.1. The van der Waals surface area contributed by atoms with Gasteiger partial charge in [-0.3, -0.25) is 0 Å². The fourth-order valence-corrected chi connectivity index (χ4v) is 3.77. The zero-order chi connectivity index (χ0) is 21.8. The normalized spacial score (nSPS) is 12.1. The van der Waals surface area contributed by atoms with Crippen LogP contribution in [0.2, 0.25) is 0 Å². The van der Waals surface area contributed by atoms with Crippen LogP contribution >= 0.6 is 0 Å². The molecule has 0 aliphatic heterocycles. The molecule has 0 saturated heterocycles. The molecule has 4 rings (SSSR count). The number of para-hydroxylation sites is 2. The largest absolute Gasteiger partial charge is 0.493 e. The molecule has 0 aliphatic carbocycles.